The molecule has 3 rings (SSSR count). The quantitative estimate of drug-likeness (QED) is 0.827. The number of hydrogen-bond donors (Lipinski definition) is 1. The van der Waals surface area contributed by atoms with Crippen LogP contribution in [0.5, 0.6) is 0 Å². The normalized spacial score (nSPS) is 29.8. The van der Waals surface area contributed by atoms with Gasteiger partial charge in [-0.15, -0.1) is 0 Å². The Morgan fingerprint density at radius 3 is 3.06 bits per heavy atom. The largest absolute Gasteiger partial charge is 0.380 e. The van der Waals surface area contributed by atoms with Gasteiger partial charge in [-0.3, -0.25) is 0 Å². The molecule has 1 aliphatic heterocycles. The van der Waals surface area contributed by atoms with E-state index in [-0.39, 0.29) is 12.1 Å². The Labute approximate surface area is 94.6 Å². The molecule has 0 spiro atoms. The van der Waals surface area contributed by atoms with Crippen molar-refractivity contribution in [3.63, 3.8) is 0 Å². The number of nitrogens with zero attached hydrogens (tertiary/aromatic N) is 2. The third-order valence-corrected chi connectivity index (χ3v) is 3.37. The summed E-state index contributed by atoms with van der Waals surface area (Å²) in [4.78, 5) is 4.45. The lowest BCUT2D eigenvalue weighted by Gasteiger charge is -2.04. The Balaban J connectivity index is 1.63. The van der Waals surface area contributed by atoms with Gasteiger partial charge in [-0.25, -0.2) is 0 Å². The van der Waals surface area contributed by atoms with Crippen molar-refractivity contribution in [2.45, 2.75) is 37.8 Å². The molecule has 0 amide bonds. The average molecular weight is 223 g/mol. The van der Waals surface area contributed by atoms with Crippen molar-refractivity contribution in [1.29, 1.82) is 0 Å². The van der Waals surface area contributed by atoms with Crippen LogP contribution in [0.3, 0.4) is 0 Å². The molecule has 0 unspecified atom stereocenters. The summed E-state index contributed by atoms with van der Waals surface area (Å²) in [5.74, 6) is 2.38. The maximum Gasteiger partial charge on any atom is 0.243 e. The first-order valence-electron chi connectivity index (χ1n) is 5.94. The van der Waals surface area contributed by atoms with Crippen LogP contribution >= 0.6 is 0 Å². The Hall–Kier alpha value is -0.940. The van der Waals surface area contributed by atoms with E-state index in [1.165, 1.54) is 12.8 Å². The van der Waals surface area contributed by atoms with Gasteiger partial charge in [0.1, 0.15) is 0 Å². The maximum atomic E-state index is 5.29. The van der Waals surface area contributed by atoms with E-state index in [9.17, 15) is 0 Å². The summed E-state index contributed by atoms with van der Waals surface area (Å²) in [5, 5.41) is 7.36. The molecular weight excluding hydrogens is 206 g/mol. The zero-order valence-electron chi connectivity index (χ0n) is 9.48. The SMILES string of the molecule is CO[C@@H]1CN[C@@H](c2nc(CC3CC3)no2)C1. The zero-order valence-corrected chi connectivity index (χ0v) is 9.48. The van der Waals surface area contributed by atoms with Gasteiger partial charge < -0.3 is 14.6 Å². The average Bonchev–Trinajstić information content (AvgIpc) is 2.83. The second-order valence-electron chi connectivity index (χ2n) is 4.75. The van der Waals surface area contributed by atoms with Gasteiger partial charge in [-0.1, -0.05) is 5.16 Å². The van der Waals surface area contributed by atoms with Crippen molar-refractivity contribution in [3.05, 3.63) is 11.7 Å². The first-order valence-corrected chi connectivity index (χ1v) is 5.94. The summed E-state index contributed by atoms with van der Waals surface area (Å²) in [7, 11) is 1.74. The summed E-state index contributed by atoms with van der Waals surface area (Å²) in [6.07, 6.45) is 4.80. The number of rotatable bonds is 4. The van der Waals surface area contributed by atoms with Crippen molar-refractivity contribution in [3.8, 4) is 0 Å². The van der Waals surface area contributed by atoms with E-state index in [1.54, 1.807) is 7.11 Å². The number of aromatic nitrogens is 2. The molecule has 0 bridgehead atoms. The smallest absolute Gasteiger partial charge is 0.243 e. The molecule has 1 N–H and O–H groups in total. The van der Waals surface area contributed by atoms with E-state index in [4.69, 9.17) is 9.26 Å². The Bertz CT molecular complexity index is 362. The fourth-order valence-corrected chi connectivity index (χ4v) is 2.14. The highest BCUT2D eigenvalue weighted by Gasteiger charge is 2.30. The van der Waals surface area contributed by atoms with E-state index in [2.05, 4.69) is 15.5 Å². The van der Waals surface area contributed by atoms with E-state index in [1.807, 2.05) is 0 Å². The zero-order chi connectivity index (χ0) is 11.0. The van der Waals surface area contributed by atoms with Crippen molar-refractivity contribution < 1.29 is 9.26 Å². The first-order chi connectivity index (χ1) is 7.85. The van der Waals surface area contributed by atoms with Gasteiger partial charge in [0.05, 0.1) is 12.1 Å². The predicted molar refractivity (Wildman–Crippen MR) is 56.9 cm³/mol. The fraction of sp³-hybridized carbons (Fsp3) is 0.818. The molecule has 88 valence electrons. The minimum atomic E-state index is 0.172. The van der Waals surface area contributed by atoms with E-state index < -0.39 is 0 Å². The number of ether oxygens (including phenoxy) is 1. The number of methoxy groups -OCH3 is 1. The van der Waals surface area contributed by atoms with Gasteiger partial charge in [0.2, 0.25) is 5.89 Å². The van der Waals surface area contributed by atoms with Crippen molar-refractivity contribution in [2.75, 3.05) is 13.7 Å². The molecule has 1 aliphatic carbocycles. The van der Waals surface area contributed by atoms with Crippen LogP contribution in [0.15, 0.2) is 4.52 Å². The third kappa shape index (κ3) is 2.10. The Morgan fingerprint density at radius 2 is 2.38 bits per heavy atom. The molecule has 5 heteroatoms. The molecule has 16 heavy (non-hydrogen) atoms. The van der Waals surface area contributed by atoms with Crippen LogP contribution in [-0.2, 0) is 11.2 Å². The molecular formula is C11H17N3O2. The third-order valence-electron chi connectivity index (χ3n) is 3.37. The van der Waals surface area contributed by atoms with Crippen LogP contribution in [0.25, 0.3) is 0 Å². The lowest BCUT2D eigenvalue weighted by molar-refractivity contribution is 0.116. The van der Waals surface area contributed by atoms with Gasteiger partial charge in [0.25, 0.3) is 0 Å². The molecule has 2 heterocycles. The summed E-state index contributed by atoms with van der Waals surface area (Å²) in [5.41, 5.74) is 0. The molecule has 2 fully saturated rings. The summed E-state index contributed by atoms with van der Waals surface area (Å²) < 4.78 is 10.6. The van der Waals surface area contributed by atoms with E-state index in [0.717, 1.165) is 37.0 Å². The molecule has 0 aromatic carbocycles. The summed E-state index contributed by atoms with van der Waals surface area (Å²) in [6, 6.07) is 0.172. The Morgan fingerprint density at radius 1 is 1.50 bits per heavy atom. The predicted octanol–water partition coefficient (Wildman–Crippen LogP) is 1.07. The van der Waals surface area contributed by atoms with Gasteiger partial charge in [-0.2, -0.15) is 4.98 Å². The Kier molecular flexibility index (Phi) is 2.65. The lowest BCUT2D eigenvalue weighted by atomic mass is 10.2. The molecule has 2 atom stereocenters. The molecule has 2 aliphatic rings. The molecule has 0 radical (unpaired) electrons. The van der Waals surface area contributed by atoms with E-state index in [0.29, 0.717) is 0 Å². The van der Waals surface area contributed by atoms with Crippen molar-refractivity contribution >= 4 is 0 Å². The topological polar surface area (TPSA) is 60.2 Å². The molecule has 1 saturated heterocycles. The second kappa shape index (κ2) is 4.14. The highest BCUT2D eigenvalue weighted by molar-refractivity contribution is 4.99. The highest BCUT2D eigenvalue weighted by Crippen LogP contribution is 2.32. The second-order valence-corrected chi connectivity index (χ2v) is 4.75. The maximum absolute atomic E-state index is 5.29. The minimum Gasteiger partial charge on any atom is -0.380 e. The van der Waals surface area contributed by atoms with Crippen LogP contribution in [0.4, 0.5) is 0 Å². The van der Waals surface area contributed by atoms with Gasteiger partial charge in [-0.05, 0) is 25.2 Å². The van der Waals surface area contributed by atoms with E-state index >= 15 is 0 Å². The number of hydrogen-bond acceptors (Lipinski definition) is 5. The van der Waals surface area contributed by atoms with Crippen molar-refractivity contribution in [2.24, 2.45) is 5.92 Å². The monoisotopic (exact) mass is 223 g/mol. The summed E-state index contributed by atoms with van der Waals surface area (Å²) in [6.45, 7) is 0.863. The molecule has 1 aromatic heterocycles. The molecule has 5 nitrogen and oxygen atoms in total. The van der Waals surface area contributed by atoms with Gasteiger partial charge in [0.15, 0.2) is 5.82 Å². The first kappa shape index (κ1) is 10.2. The van der Waals surface area contributed by atoms with Gasteiger partial charge in [0, 0.05) is 20.1 Å². The highest BCUT2D eigenvalue weighted by atomic mass is 16.5. The lowest BCUT2D eigenvalue weighted by Crippen LogP contribution is -2.16. The standard InChI is InChI=1S/C11H17N3O2/c1-15-8-5-9(12-6-8)11-13-10(14-16-11)4-7-2-3-7/h7-9,12H,2-6H2,1H3/t8-,9+/m0/s1. The van der Waals surface area contributed by atoms with Crippen molar-refractivity contribution in [1.82, 2.24) is 15.5 Å². The fourth-order valence-electron chi connectivity index (χ4n) is 2.14. The molecule has 1 saturated carbocycles. The number of nitrogens with one attached hydrogen (secondary N) is 1. The van der Waals surface area contributed by atoms with Crippen LogP contribution in [0.2, 0.25) is 0 Å². The molecule has 1 aromatic rings. The van der Waals surface area contributed by atoms with Crippen LogP contribution in [0, 0.1) is 5.92 Å². The minimum absolute atomic E-state index is 0.172. The van der Waals surface area contributed by atoms with Crippen LogP contribution < -0.4 is 5.32 Å². The summed E-state index contributed by atoms with van der Waals surface area (Å²) >= 11 is 0. The van der Waals surface area contributed by atoms with Crippen LogP contribution in [0.1, 0.15) is 37.0 Å². The van der Waals surface area contributed by atoms with Crippen LogP contribution in [-0.4, -0.2) is 29.9 Å². The van der Waals surface area contributed by atoms with Gasteiger partial charge >= 0.3 is 0 Å².